The fourth-order valence-corrected chi connectivity index (χ4v) is 2.69. The fourth-order valence-electron chi connectivity index (χ4n) is 2.32. The standard InChI is InChI=1S/C12H15BrN4O/c1-18-9-4-6-16(7-5-9)12-3-2-11-14-8-10(13)17(11)15-12/h2-3,8-9H,4-7H2,1H3. The van der Waals surface area contributed by atoms with Crippen LogP contribution in [0.15, 0.2) is 22.9 Å². The summed E-state index contributed by atoms with van der Waals surface area (Å²) in [5.74, 6) is 0.996. The number of piperidine rings is 1. The summed E-state index contributed by atoms with van der Waals surface area (Å²) in [5.41, 5.74) is 0.859. The molecule has 0 amide bonds. The Morgan fingerprint density at radius 2 is 2.11 bits per heavy atom. The smallest absolute Gasteiger partial charge is 0.154 e. The maximum atomic E-state index is 5.38. The van der Waals surface area contributed by atoms with Crippen molar-refractivity contribution in [1.29, 1.82) is 0 Å². The van der Waals surface area contributed by atoms with Crippen molar-refractivity contribution in [2.24, 2.45) is 0 Å². The number of hydrogen-bond acceptors (Lipinski definition) is 4. The zero-order valence-electron chi connectivity index (χ0n) is 10.2. The van der Waals surface area contributed by atoms with Crippen molar-refractivity contribution < 1.29 is 4.74 Å². The summed E-state index contributed by atoms with van der Waals surface area (Å²) in [6.45, 7) is 1.98. The van der Waals surface area contributed by atoms with Crippen LogP contribution in [0.3, 0.4) is 0 Å². The summed E-state index contributed by atoms with van der Waals surface area (Å²) >= 11 is 3.45. The molecule has 5 nitrogen and oxygen atoms in total. The van der Waals surface area contributed by atoms with Gasteiger partial charge in [-0.05, 0) is 40.9 Å². The second kappa shape index (κ2) is 4.85. The van der Waals surface area contributed by atoms with E-state index in [1.807, 2.05) is 16.6 Å². The summed E-state index contributed by atoms with van der Waals surface area (Å²) in [7, 11) is 1.78. The van der Waals surface area contributed by atoms with Crippen molar-refractivity contribution in [3.63, 3.8) is 0 Å². The minimum absolute atomic E-state index is 0.393. The van der Waals surface area contributed by atoms with Crippen molar-refractivity contribution in [2.75, 3.05) is 25.1 Å². The number of imidazole rings is 1. The maximum absolute atomic E-state index is 5.38. The van der Waals surface area contributed by atoms with Crippen LogP contribution in [0.25, 0.3) is 5.65 Å². The number of fused-ring (bicyclic) bond motifs is 1. The Hall–Kier alpha value is -1.14. The molecule has 3 heterocycles. The van der Waals surface area contributed by atoms with Gasteiger partial charge in [0.25, 0.3) is 0 Å². The van der Waals surface area contributed by atoms with E-state index in [4.69, 9.17) is 4.74 Å². The zero-order valence-corrected chi connectivity index (χ0v) is 11.8. The topological polar surface area (TPSA) is 42.7 Å². The molecule has 0 saturated carbocycles. The molecule has 1 saturated heterocycles. The van der Waals surface area contributed by atoms with Gasteiger partial charge in [0.05, 0.1) is 12.3 Å². The molecule has 2 aromatic heterocycles. The van der Waals surface area contributed by atoms with Crippen LogP contribution >= 0.6 is 15.9 Å². The lowest BCUT2D eigenvalue weighted by Crippen LogP contribution is -2.37. The molecule has 0 radical (unpaired) electrons. The Morgan fingerprint density at radius 3 is 2.83 bits per heavy atom. The molecule has 3 rings (SSSR count). The number of methoxy groups -OCH3 is 1. The van der Waals surface area contributed by atoms with E-state index in [0.717, 1.165) is 42.0 Å². The van der Waals surface area contributed by atoms with Gasteiger partial charge >= 0.3 is 0 Å². The predicted octanol–water partition coefficient (Wildman–Crippen LogP) is 2.11. The van der Waals surface area contributed by atoms with Crippen molar-refractivity contribution >= 4 is 27.4 Å². The summed E-state index contributed by atoms with van der Waals surface area (Å²) in [6.07, 6.45) is 4.27. The number of hydrogen-bond donors (Lipinski definition) is 0. The largest absolute Gasteiger partial charge is 0.381 e. The first kappa shape index (κ1) is 11.9. The average Bonchev–Trinajstić information content (AvgIpc) is 2.80. The van der Waals surface area contributed by atoms with Gasteiger partial charge in [-0.15, -0.1) is 5.10 Å². The van der Waals surface area contributed by atoms with Crippen LogP contribution in [-0.2, 0) is 4.74 Å². The van der Waals surface area contributed by atoms with Gasteiger partial charge in [-0.2, -0.15) is 0 Å². The maximum Gasteiger partial charge on any atom is 0.154 e. The fraction of sp³-hybridized carbons (Fsp3) is 0.500. The van der Waals surface area contributed by atoms with E-state index >= 15 is 0 Å². The van der Waals surface area contributed by atoms with Crippen LogP contribution in [0.4, 0.5) is 5.82 Å². The van der Waals surface area contributed by atoms with Gasteiger partial charge in [0, 0.05) is 20.2 Å². The van der Waals surface area contributed by atoms with E-state index in [-0.39, 0.29) is 0 Å². The van der Waals surface area contributed by atoms with Crippen molar-refractivity contribution in [2.45, 2.75) is 18.9 Å². The number of aromatic nitrogens is 3. The lowest BCUT2D eigenvalue weighted by Gasteiger charge is -2.31. The van der Waals surface area contributed by atoms with Gasteiger partial charge in [-0.1, -0.05) is 0 Å². The highest BCUT2D eigenvalue weighted by Gasteiger charge is 2.20. The second-order valence-corrected chi connectivity index (χ2v) is 5.28. The van der Waals surface area contributed by atoms with E-state index in [0.29, 0.717) is 6.10 Å². The highest BCUT2D eigenvalue weighted by molar-refractivity contribution is 9.10. The third-order valence-electron chi connectivity index (χ3n) is 3.41. The number of ether oxygens (including phenoxy) is 1. The minimum atomic E-state index is 0.393. The van der Waals surface area contributed by atoms with Crippen LogP contribution in [0, 0.1) is 0 Å². The molecule has 18 heavy (non-hydrogen) atoms. The molecule has 6 heteroatoms. The Balaban J connectivity index is 1.84. The molecule has 1 fully saturated rings. The molecule has 1 aliphatic heterocycles. The van der Waals surface area contributed by atoms with E-state index in [9.17, 15) is 0 Å². The molecule has 96 valence electrons. The molecule has 0 aliphatic carbocycles. The summed E-state index contributed by atoms with van der Waals surface area (Å²) in [4.78, 5) is 6.54. The Morgan fingerprint density at radius 1 is 1.33 bits per heavy atom. The second-order valence-electron chi connectivity index (χ2n) is 4.46. The minimum Gasteiger partial charge on any atom is -0.381 e. The van der Waals surface area contributed by atoms with Crippen LogP contribution in [-0.4, -0.2) is 40.9 Å². The highest BCUT2D eigenvalue weighted by Crippen LogP contribution is 2.20. The molecule has 2 aromatic rings. The monoisotopic (exact) mass is 310 g/mol. The van der Waals surface area contributed by atoms with Crippen molar-refractivity contribution in [3.05, 3.63) is 22.9 Å². The van der Waals surface area contributed by atoms with E-state index < -0.39 is 0 Å². The van der Waals surface area contributed by atoms with Crippen molar-refractivity contribution in [1.82, 2.24) is 14.6 Å². The van der Waals surface area contributed by atoms with Gasteiger partial charge in [0.15, 0.2) is 5.65 Å². The third-order valence-corrected chi connectivity index (χ3v) is 3.95. The van der Waals surface area contributed by atoms with Crippen molar-refractivity contribution in [3.8, 4) is 0 Å². The van der Waals surface area contributed by atoms with Gasteiger partial charge in [0.1, 0.15) is 10.4 Å². The normalized spacial score (nSPS) is 17.6. The predicted molar refractivity (Wildman–Crippen MR) is 72.9 cm³/mol. The van der Waals surface area contributed by atoms with Gasteiger partial charge < -0.3 is 9.64 Å². The Labute approximate surface area is 114 Å². The summed E-state index contributed by atoms with van der Waals surface area (Å²) in [5, 5.41) is 4.60. The lowest BCUT2D eigenvalue weighted by molar-refractivity contribution is 0.0817. The highest BCUT2D eigenvalue weighted by atomic mass is 79.9. The van der Waals surface area contributed by atoms with E-state index in [2.05, 4.69) is 30.9 Å². The number of anilines is 1. The molecule has 0 spiro atoms. The molecular weight excluding hydrogens is 296 g/mol. The Kier molecular flexibility index (Phi) is 3.22. The van der Waals surface area contributed by atoms with Crippen LogP contribution in [0.5, 0.6) is 0 Å². The number of halogens is 1. The van der Waals surface area contributed by atoms with Gasteiger partial charge in [-0.3, -0.25) is 0 Å². The van der Waals surface area contributed by atoms with Crippen LogP contribution in [0.2, 0.25) is 0 Å². The van der Waals surface area contributed by atoms with Crippen LogP contribution < -0.4 is 4.90 Å². The Bertz CT molecular complexity index is 548. The molecular formula is C12H15BrN4O. The quantitative estimate of drug-likeness (QED) is 0.852. The van der Waals surface area contributed by atoms with Crippen LogP contribution in [0.1, 0.15) is 12.8 Å². The first-order valence-electron chi connectivity index (χ1n) is 6.06. The molecule has 0 atom stereocenters. The van der Waals surface area contributed by atoms with E-state index in [1.54, 1.807) is 13.3 Å². The first-order chi connectivity index (χ1) is 8.78. The molecule has 0 aromatic carbocycles. The zero-order chi connectivity index (χ0) is 12.5. The van der Waals surface area contributed by atoms with Gasteiger partial charge in [0.2, 0.25) is 0 Å². The SMILES string of the molecule is COC1CCN(c2ccc3ncc(Br)n3n2)CC1. The average molecular weight is 311 g/mol. The third kappa shape index (κ3) is 2.10. The molecule has 0 unspecified atom stereocenters. The summed E-state index contributed by atoms with van der Waals surface area (Å²) in [6, 6.07) is 4.03. The number of rotatable bonds is 2. The van der Waals surface area contributed by atoms with Gasteiger partial charge in [-0.25, -0.2) is 9.50 Å². The first-order valence-corrected chi connectivity index (χ1v) is 6.85. The summed E-state index contributed by atoms with van der Waals surface area (Å²) < 4.78 is 8.08. The molecule has 1 aliphatic rings. The van der Waals surface area contributed by atoms with E-state index in [1.165, 1.54) is 0 Å². The molecule has 0 bridgehead atoms. The number of nitrogens with zero attached hydrogens (tertiary/aromatic N) is 4. The molecule has 0 N–H and O–H groups in total. The lowest BCUT2D eigenvalue weighted by atomic mass is 10.1.